The van der Waals surface area contributed by atoms with Gasteiger partial charge in [-0.25, -0.2) is 0 Å². The maximum Gasteiger partial charge on any atom is 0.263 e. The molecule has 0 saturated carbocycles. The fourth-order valence-corrected chi connectivity index (χ4v) is 5.35. The van der Waals surface area contributed by atoms with Crippen LogP contribution in [-0.4, -0.2) is 22.2 Å². The number of amides is 1. The number of aliphatic hydroxyl groups excluding tert-OH is 1. The van der Waals surface area contributed by atoms with E-state index < -0.39 is 0 Å². The minimum atomic E-state index is -0.348. The van der Waals surface area contributed by atoms with Gasteiger partial charge in [-0.2, -0.15) is 5.26 Å². The Labute approximate surface area is 225 Å². The highest BCUT2D eigenvalue weighted by molar-refractivity contribution is 6.19. The molecule has 1 atom stereocenters. The second-order valence-corrected chi connectivity index (χ2v) is 9.34. The highest BCUT2D eigenvalue weighted by Gasteiger charge is 2.24. The second kappa shape index (κ2) is 10.8. The van der Waals surface area contributed by atoms with Crippen LogP contribution in [0, 0.1) is 11.3 Å². The zero-order chi connectivity index (χ0) is 27.5. The quantitative estimate of drug-likeness (QED) is 0.314. The molecule has 5 aromatic rings. The van der Waals surface area contributed by atoms with Crippen molar-refractivity contribution in [3.63, 3.8) is 0 Å². The topological polar surface area (TPSA) is 95.1 Å². The number of rotatable bonds is 8. The molecule has 1 aromatic heterocycles. The molecule has 39 heavy (non-hydrogen) atoms. The van der Waals surface area contributed by atoms with Crippen molar-refractivity contribution in [1.82, 2.24) is 9.88 Å². The molecule has 0 bridgehead atoms. The van der Waals surface area contributed by atoms with E-state index in [1.54, 1.807) is 16.7 Å². The van der Waals surface area contributed by atoms with Crippen LogP contribution in [0.3, 0.4) is 0 Å². The average Bonchev–Trinajstić information content (AvgIpc) is 2.96. The Bertz CT molecular complexity index is 1820. The van der Waals surface area contributed by atoms with Gasteiger partial charge in [-0.1, -0.05) is 67.8 Å². The summed E-state index contributed by atoms with van der Waals surface area (Å²) in [4.78, 5) is 27.2. The average molecular weight is 514 g/mol. The van der Waals surface area contributed by atoms with Crippen molar-refractivity contribution < 1.29 is 9.90 Å². The Morgan fingerprint density at radius 2 is 1.72 bits per heavy atom. The van der Waals surface area contributed by atoms with Crippen LogP contribution in [-0.2, 0) is 6.42 Å². The lowest BCUT2D eigenvalue weighted by Gasteiger charge is -2.22. The Hall–Kier alpha value is -4.99. The van der Waals surface area contributed by atoms with Crippen molar-refractivity contribution in [2.75, 3.05) is 6.61 Å². The van der Waals surface area contributed by atoms with Crippen molar-refractivity contribution in [3.05, 3.63) is 130 Å². The Balaban J connectivity index is 1.86. The van der Waals surface area contributed by atoms with E-state index in [1.165, 1.54) is 6.20 Å². The number of carbonyl (C=O) groups is 1. The van der Waals surface area contributed by atoms with Gasteiger partial charge in [0.25, 0.3) is 11.5 Å². The molecule has 192 valence electrons. The molecule has 1 unspecified atom stereocenters. The third-order valence-electron chi connectivity index (χ3n) is 7.15. The summed E-state index contributed by atoms with van der Waals surface area (Å²) < 4.78 is 1.58. The van der Waals surface area contributed by atoms with E-state index in [0.717, 1.165) is 22.1 Å². The van der Waals surface area contributed by atoms with Crippen LogP contribution in [0.5, 0.6) is 0 Å². The van der Waals surface area contributed by atoms with Gasteiger partial charge in [0.1, 0.15) is 0 Å². The summed E-state index contributed by atoms with van der Waals surface area (Å²) >= 11 is 0. The number of nitrogens with one attached hydrogen (secondary N) is 1. The van der Waals surface area contributed by atoms with Gasteiger partial charge in [0, 0.05) is 51.7 Å². The smallest absolute Gasteiger partial charge is 0.263 e. The maximum atomic E-state index is 14.0. The van der Waals surface area contributed by atoms with Crippen molar-refractivity contribution in [2.24, 2.45) is 0 Å². The highest BCUT2D eigenvalue weighted by atomic mass is 16.3. The van der Waals surface area contributed by atoms with Gasteiger partial charge in [-0.15, -0.1) is 0 Å². The van der Waals surface area contributed by atoms with Crippen LogP contribution < -0.4 is 16.2 Å². The lowest BCUT2D eigenvalue weighted by atomic mass is 9.83. The number of pyridine rings is 1. The number of hydrogen-bond acceptors (Lipinski definition) is 4. The molecule has 0 fully saturated rings. The molecule has 5 rings (SSSR count). The molecular formula is C33H27N3O3. The number of hydrogen-bond donors (Lipinski definition) is 2. The van der Waals surface area contributed by atoms with Crippen LogP contribution in [0.4, 0.5) is 0 Å². The van der Waals surface area contributed by atoms with Gasteiger partial charge < -0.3 is 10.4 Å². The van der Waals surface area contributed by atoms with E-state index >= 15 is 0 Å². The van der Waals surface area contributed by atoms with Crippen LogP contribution in [0.1, 0.15) is 39.4 Å². The largest absolute Gasteiger partial charge is 0.396 e. The summed E-state index contributed by atoms with van der Waals surface area (Å²) in [6, 6.07) is 26.6. The number of aromatic nitrogens is 1. The third-order valence-corrected chi connectivity index (χ3v) is 7.15. The van der Waals surface area contributed by atoms with Crippen molar-refractivity contribution >= 4 is 34.0 Å². The highest BCUT2D eigenvalue weighted by Crippen LogP contribution is 2.37. The fourth-order valence-electron chi connectivity index (χ4n) is 5.35. The summed E-state index contributed by atoms with van der Waals surface area (Å²) in [7, 11) is 0. The molecule has 1 amide bonds. The third kappa shape index (κ3) is 4.50. The van der Waals surface area contributed by atoms with Crippen LogP contribution >= 0.6 is 0 Å². The van der Waals surface area contributed by atoms with Crippen molar-refractivity contribution in [3.8, 4) is 11.8 Å². The number of nitrogens with zero attached hydrogens (tertiary/aromatic N) is 2. The zero-order valence-electron chi connectivity index (χ0n) is 21.4. The minimum Gasteiger partial charge on any atom is -0.396 e. The monoisotopic (exact) mass is 513 g/mol. The molecule has 1 heterocycles. The summed E-state index contributed by atoms with van der Waals surface area (Å²) in [6.45, 7) is 7.95. The number of aliphatic hydroxyl groups is 1. The first kappa shape index (κ1) is 25.7. The van der Waals surface area contributed by atoms with Crippen molar-refractivity contribution in [1.29, 1.82) is 5.26 Å². The van der Waals surface area contributed by atoms with Gasteiger partial charge in [0.2, 0.25) is 0 Å². The predicted molar refractivity (Wildman–Crippen MR) is 155 cm³/mol. The molecule has 0 aliphatic rings. The van der Waals surface area contributed by atoms with Crippen LogP contribution in [0.25, 0.3) is 33.8 Å². The van der Waals surface area contributed by atoms with Gasteiger partial charge in [0.15, 0.2) is 0 Å². The molecule has 2 N–H and O–H groups in total. The summed E-state index contributed by atoms with van der Waals surface area (Å²) in [5, 5.41) is 24.6. The first-order chi connectivity index (χ1) is 19.0. The lowest BCUT2D eigenvalue weighted by molar-refractivity contribution is 0.0972. The van der Waals surface area contributed by atoms with Crippen LogP contribution in [0.2, 0.25) is 0 Å². The Kier molecular flexibility index (Phi) is 7.09. The normalized spacial score (nSPS) is 11.8. The molecule has 4 aromatic carbocycles. The molecule has 6 nitrogen and oxygen atoms in total. The minimum absolute atomic E-state index is 0.0456. The Morgan fingerprint density at radius 1 is 1.00 bits per heavy atom. The lowest BCUT2D eigenvalue weighted by Crippen LogP contribution is -2.32. The first-order valence-electron chi connectivity index (χ1n) is 12.7. The summed E-state index contributed by atoms with van der Waals surface area (Å²) in [5.41, 5.74) is 3.50. The predicted octanol–water partition coefficient (Wildman–Crippen LogP) is 4.73. The molecule has 0 spiro atoms. The summed E-state index contributed by atoms with van der Waals surface area (Å²) in [6.07, 6.45) is 2.06. The number of nitriles is 1. The fraction of sp³-hybridized carbons (Fsp3) is 0.121. The molecule has 6 heteroatoms. The van der Waals surface area contributed by atoms with E-state index in [4.69, 9.17) is 0 Å². The van der Waals surface area contributed by atoms with E-state index in [9.17, 15) is 20.0 Å². The number of carbonyl (C=O) groups excluding carboxylic acids is 1. The van der Waals surface area contributed by atoms with E-state index in [0.29, 0.717) is 39.2 Å². The van der Waals surface area contributed by atoms with Gasteiger partial charge >= 0.3 is 0 Å². The molecular weight excluding hydrogens is 486 g/mol. The molecule has 0 radical (unpaired) electrons. The van der Waals surface area contributed by atoms with Gasteiger partial charge in [-0.3, -0.25) is 14.2 Å². The molecule has 0 aliphatic heterocycles. The van der Waals surface area contributed by atoms with Crippen molar-refractivity contribution in [2.45, 2.75) is 18.8 Å². The van der Waals surface area contributed by atoms with Gasteiger partial charge in [-0.05, 0) is 59.0 Å². The van der Waals surface area contributed by atoms with E-state index in [2.05, 4.69) is 24.5 Å². The van der Waals surface area contributed by atoms with E-state index in [1.807, 2.05) is 66.7 Å². The SMILES string of the molecule is C=CNC(=O)c1ccc2c(=O)n(-c3ccc(CCO)cc3)c(=C)c3ccc(C(CC#N)c4ccccc4)c1c32. The second-order valence-electron chi connectivity index (χ2n) is 9.34. The maximum absolute atomic E-state index is 14.0. The zero-order valence-corrected chi connectivity index (χ0v) is 21.4. The van der Waals surface area contributed by atoms with E-state index in [-0.39, 0.29) is 30.4 Å². The summed E-state index contributed by atoms with van der Waals surface area (Å²) in [5.74, 6) is -0.657. The molecule has 0 saturated heterocycles. The van der Waals surface area contributed by atoms with Crippen LogP contribution in [0.15, 0.2) is 96.4 Å². The molecule has 0 aliphatic carbocycles. The number of benzene rings is 4. The van der Waals surface area contributed by atoms with Gasteiger partial charge in [0.05, 0.1) is 6.07 Å². The standard InChI is InChI=1S/C33H27N3O3/c1-3-35-32(38)28-15-16-29-30-25(21(2)36(33(29)39)24-11-9-22(10-12-24)18-20-37)13-14-27(31(28)30)26(17-19-34)23-7-5-4-6-8-23/h3-16,26,37H,1-2,17-18,20H2,(H,35,38). The first-order valence-corrected chi connectivity index (χ1v) is 12.7. The Morgan fingerprint density at radius 3 is 2.38 bits per heavy atom.